The molecule has 0 saturated heterocycles. The topological polar surface area (TPSA) is 57.2 Å². The number of nitrogens with zero attached hydrogens (tertiary/aromatic N) is 1. The van der Waals surface area contributed by atoms with Crippen molar-refractivity contribution in [3.63, 3.8) is 0 Å². The number of unbranched alkanes of at least 4 members (excludes halogenated alkanes) is 23. The number of ether oxygens (including phenoxy) is 3. The van der Waals surface area contributed by atoms with Crippen LogP contribution in [0.25, 0.3) is 0 Å². The molecule has 3 aromatic rings. The third-order valence-corrected chi connectivity index (χ3v) is 20.9. The molecule has 0 fully saturated rings. The van der Waals surface area contributed by atoms with Crippen LogP contribution in [0.3, 0.4) is 0 Å². The van der Waals surface area contributed by atoms with Crippen LogP contribution in [0, 0.1) is 0 Å². The zero-order valence-corrected chi connectivity index (χ0v) is 51.2. The maximum Gasteiger partial charge on any atom is 0.306 e. The standard InChI is InChI=1S/C68H115NO5Si/c1-10-13-16-19-22-23-24-25-29-40-50-65(74-75(8,9)67(4,5)6)59-69(56-42-31-26-30-41-51-66(70)73-64(48-38-27-20-17-14-11-2)49-39-28-21-18-15-12-3)57-43-58-72-68(60-44-34-32-35-45-60,61-46-36-33-37-47-61)62-52-54-63(71-7)55-53-62/h32-37,44-47,52-55,64-65H,10-31,38-43,48-51,56-59H2,1-9H3. The Morgan fingerprint density at radius 2 is 0.893 bits per heavy atom. The summed E-state index contributed by atoms with van der Waals surface area (Å²) in [6.45, 7) is 22.4. The van der Waals surface area contributed by atoms with E-state index in [1.165, 1.54) is 141 Å². The van der Waals surface area contributed by atoms with Gasteiger partial charge in [0.1, 0.15) is 17.5 Å². The number of methoxy groups -OCH3 is 1. The average Bonchev–Trinajstić information content (AvgIpc) is 3.41. The third-order valence-electron chi connectivity index (χ3n) is 16.3. The molecular formula is C68H115NO5Si. The van der Waals surface area contributed by atoms with Crippen molar-refractivity contribution in [1.29, 1.82) is 0 Å². The summed E-state index contributed by atoms with van der Waals surface area (Å²) < 4.78 is 26.5. The molecule has 0 N–H and O–H groups in total. The highest BCUT2D eigenvalue weighted by Gasteiger charge is 2.40. The molecule has 75 heavy (non-hydrogen) atoms. The van der Waals surface area contributed by atoms with E-state index in [0.29, 0.717) is 13.0 Å². The summed E-state index contributed by atoms with van der Waals surface area (Å²) in [4.78, 5) is 15.9. The number of hydrogen-bond donors (Lipinski definition) is 0. The van der Waals surface area contributed by atoms with Crippen molar-refractivity contribution < 1.29 is 23.4 Å². The summed E-state index contributed by atoms with van der Waals surface area (Å²) in [6.07, 6.45) is 39.2. The second-order valence-corrected chi connectivity index (χ2v) is 28.6. The largest absolute Gasteiger partial charge is 0.497 e. The fraction of sp³-hybridized carbons (Fsp3) is 0.721. The zero-order chi connectivity index (χ0) is 54.3. The normalized spacial score (nSPS) is 12.7. The van der Waals surface area contributed by atoms with Crippen molar-refractivity contribution in [3.05, 3.63) is 102 Å². The summed E-state index contributed by atoms with van der Waals surface area (Å²) >= 11 is 0. The lowest BCUT2D eigenvalue weighted by molar-refractivity contribution is -0.150. The van der Waals surface area contributed by atoms with E-state index in [0.717, 1.165) is 99.9 Å². The summed E-state index contributed by atoms with van der Waals surface area (Å²) in [5.41, 5.74) is 2.54. The molecule has 0 aliphatic heterocycles. The van der Waals surface area contributed by atoms with Crippen LogP contribution in [-0.4, -0.2) is 64.7 Å². The first kappa shape index (κ1) is 66.3. The van der Waals surface area contributed by atoms with Crippen LogP contribution in [0.5, 0.6) is 5.75 Å². The maximum atomic E-state index is 13.2. The molecule has 0 aliphatic rings. The summed E-state index contributed by atoms with van der Waals surface area (Å²) in [5, 5.41) is 0.149. The van der Waals surface area contributed by atoms with E-state index in [9.17, 15) is 4.79 Å². The lowest BCUT2D eigenvalue weighted by Crippen LogP contribution is -2.47. The van der Waals surface area contributed by atoms with Gasteiger partial charge < -0.3 is 23.5 Å². The van der Waals surface area contributed by atoms with Crippen molar-refractivity contribution in [2.75, 3.05) is 33.4 Å². The molecule has 1 unspecified atom stereocenters. The Labute approximate surface area is 464 Å². The van der Waals surface area contributed by atoms with Gasteiger partial charge in [-0.3, -0.25) is 4.79 Å². The van der Waals surface area contributed by atoms with Gasteiger partial charge in [-0.25, -0.2) is 0 Å². The highest BCUT2D eigenvalue weighted by molar-refractivity contribution is 6.74. The summed E-state index contributed by atoms with van der Waals surface area (Å²) in [7, 11) is -0.289. The first-order valence-electron chi connectivity index (χ1n) is 31.4. The number of carbonyl (C=O) groups is 1. The Hall–Kier alpha value is -2.97. The smallest absolute Gasteiger partial charge is 0.306 e. The molecule has 0 bridgehead atoms. The van der Waals surface area contributed by atoms with Crippen LogP contribution in [0.2, 0.25) is 18.1 Å². The Kier molecular flexibility index (Phi) is 35.6. The van der Waals surface area contributed by atoms with Gasteiger partial charge in [0, 0.05) is 26.1 Å². The second-order valence-electron chi connectivity index (χ2n) is 23.9. The van der Waals surface area contributed by atoms with Gasteiger partial charge >= 0.3 is 5.97 Å². The average molecular weight is 1050 g/mol. The number of rotatable bonds is 47. The lowest BCUT2D eigenvalue weighted by atomic mass is 9.80. The predicted molar refractivity (Wildman–Crippen MR) is 325 cm³/mol. The molecular weight excluding hydrogens is 939 g/mol. The SMILES string of the molecule is CCCCCCCCCCCCC(CN(CCCCCCCC(=O)OC(CCCCCCCC)CCCCCCCC)CCCOC(c1ccccc1)(c1ccccc1)c1ccc(OC)cc1)O[Si](C)(C)C(C)(C)C. The molecule has 0 heterocycles. The van der Waals surface area contributed by atoms with E-state index in [4.69, 9.17) is 18.6 Å². The van der Waals surface area contributed by atoms with Gasteiger partial charge in [0.15, 0.2) is 8.32 Å². The van der Waals surface area contributed by atoms with Crippen molar-refractivity contribution >= 4 is 14.3 Å². The lowest BCUT2D eigenvalue weighted by Gasteiger charge is -2.41. The minimum absolute atomic E-state index is 0.0241. The van der Waals surface area contributed by atoms with E-state index in [1.54, 1.807) is 7.11 Å². The van der Waals surface area contributed by atoms with Gasteiger partial charge in [0.05, 0.1) is 13.2 Å². The Balaban J connectivity index is 1.70. The molecule has 7 heteroatoms. The van der Waals surface area contributed by atoms with E-state index < -0.39 is 13.9 Å². The number of carbonyl (C=O) groups excluding carboxylic acids is 1. The maximum absolute atomic E-state index is 13.2. The van der Waals surface area contributed by atoms with Crippen molar-refractivity contribution in [2.45, 2.75) is 283 Å². The summed E-state index contributed by atoms with van der Waals surface area (Å²) in [6, 6.07) is 29.9. The van der Waals surface area contributed by atoms with Crippen LogP contribution in [0.4, 0.5) is 0 Å². The Bertz CT molecular complexity index is 1740. The predicted octanol–water partition coefficient (Wildman–Crippen LogP) is 20.2. The van der Waals surface area contributed by atoms with Crippen LogP contribution in [0.15, 0.2) is 84.9 Å². The van der Waals surface area contributed by atoms with Crippen molar-refractivity contribution in [2.24, 2.45) is 0 Å². The molecule has 0 aliphatic carbocycles. The highest BCUT2D eigenvalue weighted by Crippen LogP contribution is 2.42. The molecule has 0 radical (unpaired) electrons. The van der Waals surface area contributed by atoms with E-state index in [2.05, 4.69) is 144 Å². The molecule has 0 spiro atoms. The van der Waals surface area contributed by atoms with Gasteiger partial charge in [-0.2, -0.15) is 0 Å². The van der Waals surface area contributed by atoms with E-state index >= 15 is 0 Å². The highest BCUT2D eigenvalue weighted by atomic mass is 28.4. The minimum atomic E-state index is -2.01. The van der Waals surface area contributed by atoms with Gasteiger partial charge in [0.2, 0.25) is 0 Å². The van der Waals surface area contributed by atoms with E-state index in [1.807, 2.05) is 0 Å². The van der Waals surface area contributed by atoms with Crippen molar-refractivity contribution in [3.8, 4) is 5.75 Å². The van der Waals surface area contributed by atoms with Crippen LogP contribution in [0.1, 0.15) is 264 Å². The first-order chi connectivity index (χ1) is 36.4. The Morgan fingerprint density at radius 3 is 1.35 bits per heavy atom. The molecule has 3 aromatic carbocycles. The minimum Gasteiger partial charge on any atom is -0.497 e. The third kappa shape index (κ3) is 27.5. The molecule has 0 saturated carbocycles. The first-order valence-corrected chi connectivity index (χ1v) is 34.3. The fourth-order valence-corrected chi connectivity index (χ4v) is 12.0. The van der Waals surface area contributed by atoms with Crippen LogP contribution in [-0.2, 0) is 24.3 Å². The fourth-order valence-electron chi connectivity index (χ4n) is 10.6. The Morgan fingerprint density at radius 1 is 0.493 bits per heavy atom. The van der Waals surface area contributed by atoms with Gasteiger partial charge in [-0.1, -0.05) is 262 Å². The van der Waals surface area contributed by atoms with Gasteiger partial charge in [0.25, 0.3) is 0 Å². The van der Waals surface area contributed by atoms with E-state index in [-0.39, 0.29) is 23.2 Å². The summed E-state index contributed by atoms with van der Waals surface area (Å²) in [5.74, 6) is 0.858. The molecule has 0 aromatic heterocycles. The monoisotopic (exact) mass is 1050 g/mol. The number of benzene rings is 3. The number of hydrogen-bond acceptors (Lipinski definition) is 6. The van der Waals surface area contributed by atoms with Crippen LogP contribution >= 0.6 is 0 Å². The van der Waals surface area contributed by atoms with Gasteiger partial charge in [-0.05, 0) is 105 Å². The molecule has 0 amide bonds. The van der Waals surface area contributed by atoms with Gasteiger partial charge in [-0.15, -0.1) is 0 Å². The molecule has 426 valence electrons. The van der Waals surface area contributed by atoms with Crippen molar-refractivity contribution in [1.82, 2.24) is 4.90 Å². The molecule has 6 nitrogen and oxygen atoms in total. The molecule has 1 atom stereocenters. The zero-order valence-electron chi connectivity index (χ0n) is 50.2. The second kappa shape index (κ2) is 40.2. The number of esters is 1. The quantitative estimate of drug-likeness (QED) is 0.0243. The molecule has 3 rings (SSSR count). The van der Waals surface area contributed by atoms with Crippen LogP contribution < -0.4 is 4.74 Å².